The van der Waals surface area contributed by atoms with Crippen molar-refractivity contribution in [1.82, 2.24) is 9.78 Å². The molecule has 0 radical (unpaired) electrons. The maximum atomic E-state index is 5.89. The van der Waals surface area contributed by atoms with E-state index in [0.717, 1.165) is 11.8 Å². The van der Waals surface area contributed by atoms with Crippen LogP contribution >= 0.6 is 0 Å². The number of ether oxygens (including phenoxy) is 1. The van der Waals surface area contributed by atoms with Gasteiger partial charge >= 0.3 is 0 Å². The van der Waals surface area contributed by atoms with Gasteiger partial charge in [-0.05, 0) is 55.6 Å². The zero-order valence-corrected chi connectivity index (χ0v) is 14.0. The molecule has 0 saturated heterocycles. The molecule has 122 valence electrons. The monoisotopic (exact) mass is 310 g/mol. The van der Waals surface area contributed by atoms with E-state index in [-0.39, 0.29) is 0 Å². The molecule has 2 aliphatic carbocycles. The molecule has 0 amide bonds. The van der Waals surface area contributed by atoms with Crippen molar-refractivity contribution in [3.8, 4) is 0 Å². The fourth-order valence-corrected chi connectivity index (χ4v) is 3.90. The average Bonchev–Trinajstić information content (AvgIpc) is 3.33. The summed E-state index contributed by atoms with van der Waals surface area (Å²) in [6.07, 6.45) is 8.10. The predicted octanol–water partition coefficient (Wildman–Crippen LogP) is 4.27. The predicted molar refractivity (Wildman–Crippen MR) is 91.1 cm³/mol. The Morgan fingerprint density at radius 3 is 2.74 bits per heavy atom. The summed E-state index contributed by atoms with van der Waals surface area (Å²) < 4.78 is 7.99. The molecule has 0 N–H and O–H groups in total. The van der Waals surface area contributed by atoms with Gasteiger partial charge in [0.1, 0.15) is 6.73 Å². The lowest BCUT2D eigenvalue weighted by molar-refractivity contribution is 0.0536. The summed E-state index contributed by atoms with van der Waals surface area (Å²) in [6.45, 7) is 3.38. The lowest BCUT2D eigenvalue weighted by Gasteiger charge is -2.23. The molecule has 2 aromatic rings. The van der Waals surface area contributed by atoms with Gasteiger partial charge < -0.3 is 4.74 Å². The third-order valence-corrected chi connectivity index (χ3v) is 5.34. The van der Waals surface area contributed by atoms with E-state index in [1.807, 2.05) is 6.07 Å². The van der Waals surface area contributed by atoms with Gasteiger partial charge in [0.05, 0.1) is 12.3 Å². The van der Waals surface area contributed by atoms with E-state index in [9.17, 15) is 0 Å². The van der Waals surface area contributed by atoms with Gasteiger partial charge in [0, 0.05) is 5.69 Å². The highest BCUT2D eigenvalue weighted by Crippen LogP contribution is 2.40. The number of nitrogens with zero attached hydrogens (tertiary/aromatic N) is 2. The van der Waals surface area contributed by atoms with Gasteiger partial charge in [-0.1, -0.05) is 43.2 Å². The van der Waals surface area contributed by atoms with Crippen LogP contribution in [0.2, 0.25) is 0 Å². The first-order chi connectivity index (χ1) is 11.3. The molecule has 1 fully saturated rings. The SMILES string of the molecule is Cc1nn(COCc2ccccc2)c2c1CC(CC1CC1)CC2. The molecule has 1 aromatic carbocycles. The van der Waals surface area contributed by atoms with Crippen LogP contribution in [0.4, 0.5) is 0 Å². The second-order valence-electron chi connectivity index (χ2n) is 7.26. The number of hydrogen-bond acceptors (Lipinski definition) is 2. The Balaban J connectivity index is 1.38. The molecule has 1 saturated carbocycles. The lowest BCUT2D eigenvalue weighted by atomic mass is 9.83. The Hall–Kier alpha value is -1.61. The minimum Gasteiger partial charge on any atom is -0.355 e. The smallest absolute Gasteiger partial charge is 0.140 e. The van der Waals surface area contributed by atoms with Crippen LogP contribution in [0.15, 0.2) is 30.3 Å². The van der Waals surface area contributed by atoms with Crippen LogP contribution in [0, 0.1) is 18.8 Å². The zero-order valence-electron chi connectivity index (χ0n) is 14.0. The molecular weight excluding hydrogens is 284 g/mol. The number of aryl methyl sites for hydroxylation is 1. The first kappa shape index (κ1) is 14.9. The quantitative estimate of drug-likeness (QED) is 0.796. The van der Waals surface area contributed by atoms with Gasteiger partial charge in [0.15, 0.2) is 0 Å². The van der Waals surface area contributed by atoms with E-state index in [0.29, 0.717) is 13.3 Å². The number of fused-ring (bicyclic) bond motifs is 1. The molecule has 0 bridgehead atoms. The van der Waals surface area contributed by atoms with Gasteiger partial charge in [-0.15, -0.1) is 0 Å². The Kier molecular flexibility index (Phi) is 4.21. The molecule has 4 rings (SSSR count). The van der Waals surface area contributed by atoms with Gasteiger partial charge in [-0.2, -0.15) is 5.10 Å². The fourth-order valence-electron chi connectivity index (χ4n) is 3.90. The van der Waals surface area contributed by atoms with E-state index < -0.39 is 0 Å². The Labute approximate surface area is 138 Å². The molecule has 1 unspecified atom stereocenters. The summed E-state index contributed by atoms with van der Waals surface area (Å²) in [4.78, 5) is 0. The lowest BCUT2D eigenvalue weighted by Crippen LogP contribution is -2.18. The highest BCUT2D eigenvalue weighted by molar-refractivity contribution is 5.28. The molecule has 3 nitrogen and oxygen atoms in total. The molecule has 1 heterocycles. The standard InChI is InChI=1S/C20H26N2O/c1-15-19-12-18(11-16-7-8-16)9-10-20(19)22(21-15)14-23-13-17-5-3-2-4-6-17/h2-6,16,18H,7-14H2,1H3. The zero-order chi connectivity index (χ0) is 15.6. The van der Waals surface area contributed by atoms with E-state index in [2.05, 4.69) is 35.9 Å². The van der Waals surface area contributed by atoms with Crippen LogP contribution in [-0.4, -0.2) is 9.78 Å². The van der Waals surface area contributed by atoms with Crippen molar-refractivity contribution >= 4 is 0 Å². The topological polar surface area (TPSA) is 27.1 Å². The largest absolute Gasteiger partial charge is 0.355 e. The second kappa shape index (κ2) is 6.48. The van der Waals surface area contributed by atoms with E-state index in [1.54, 1.807) is 0 Å². The van der Waals surface area contributed by atoms with Crippen LogP contribution in [0.1, 0.15) is 48.2 Å². The Bertz CT molecular complexity index is 658. The second-order valence-corrected chi connectivity index (χ2v) is 7.26. The van der Waals surface area contributed by atoms with Gasteiger partial charge in [-0.25, -0.2) is 4.68 Å². The van der Waals surface area contributed by atoms with E-state index in [1.165, 1.54) is 61.0 Å². The van der Waals surface area contributed by atoms with Crippen LogP contribution < -0.4 is 0 Å². The Morgan fingerprint density at radius 2 is 1.96 bits per heavy atom. The van der Waals surface area contributed by atoms with Crippen LogP contribution in [0.3, 0.4) is 0 Å². The molecular formula is C20H26N2O. The fraction of sp³-hybridized carbons (Fsp3) is 0.550. The summed E-state index contributed by atoms with van der Waals surface area (Å²) in [5.41, 5.74) is 5.35. The molecule has 1 atom stereocenters. The normalized spacial score (nSPS) is 20.5. The summed E-state index contributed by atoms with van der Waals surface area (Å²) in [5, 5.41) is 4.74. The van der Waals surface area contributed by atoms with Crippen molar-refractivity contribution in [3.05, 3.63) is 52.8 Å². The van der Waals surface area contributed by atoms with Gasteiger partial charge in [0.2, 0.25) is 0 Å². The van der Waals surface area contributed by atoms with Crippen molar-refractivity contribution < 1.29 is 4.74 Å². The Morgan fingerprint density at radius 1 is 1.13 bits per heavy atom. The molecule has 3 heteroatoms. The van der Waals surface area contributed by atoms with Crippen LogP contribution in [0.25, 0.3) is 0 Å². The maximum Gasteiger partial charge on any atom is 0.140 e. The molecule has 2 aliphatic rings. The van der Waals surface area contributed by atoms with E-state index in [4.69, 9.17) is 9.84 Å². The summed E-state index contributed by atoms with van der Waals surface area (Å²) >= 11 is 0. The molecule has 0 spiro atoms. The van der Waals surface area contributed by atoms with Crippen molar-refractivity contribution in [3.63, 3.8) is 0 Å². The minimum absolute atomic E-state index is 0.568. The van der Waals surface area contributed by atoms with Crippen LogP contribution in [0.5, 0.6) is 0 Å². The number of aromatic nitrogens is 2. The first-order valence-electron chi connectivity index (χ1n) is 8.96. The molecule has 23 heavy (non-hydrogen) atoms. The summed E-state index contributed by atoms with van der Waals surface area (Å²) in [7, 11) is 0. The van der Waals surface area contributed by atoms with Crippen molar-refractivity contribution in [2.24, 2.45) is 11.8 Å². The van der Waals surface area contributed by atoms with Crippen molar-refractivity contribution in [2.45, 2.75) is 58.8 Å². The molecule has 0 aliphatic heterocycles. The van der Waals surface area contributed by atoms with Crippen molar-refractivity contribution in [1.29, 1.82) is 0 Å². The average molecular weight is 310 g/mol. The third-order valence-electron chi connectivity index (χ3n) is 5.34. The first-order valence-corrected chi connectivity index (χ1v) is 8.96. The maximum absolute atomic E-state index is 5.89. The van der Waals surface area contributed by atoms with Gasteiger partial charge in [0.25, 0.3) is 0 Å². The van der Waals surface area contributed by atoms with Crippen LogP contribution in [-0.2, 0) is 30.9 Å². The third kappa shape index (κ3) is 3.50. The van der Waals surface area contributed by atoms with E-state index >= 15 is 0 Å². The summed E-state index contributed by atoms with van der Waals surface area (Å²) in [5.74, 6) is 1.92. The van der Waals surface area contributed by atoms with Crippen molar-refractivity contribution in [2.75, 3.05) is 0 Å². The minimum atomic E-state index is 0.568. The highest BCUT2D eigenvalue weighted by Gasteiger charge is 2.30. The number of hydrogen-bond donors (Lipinski definition) is 0. The summed E-state index contributed by atoms with van der Waals surface area (Å²) in [6, 6.07) is 10.4. The highest BCUT2D eigenvalue weighted by atomic mass is 16.5. The number of benzene rings is 1. The van der Waals surface area contributed by atoms with Gasteiger partial charge in [-0.3, -0.25) is 0 Å². The molecule has 1 aromatic heterocycles. The number of rotatable bonds is 6.